The second-order valence-electron chi connectivity index (χ2n) is 4.69. The minimum atomic E-state index is -4.33. The predicted octanol–water partition coefficient (Wildman–Crippen LogP) is 3.53. The van der Waals surface area contributed by atoms with Gasteiger partial charge in [-0.2, -0.15) is 13.2 Å². The van der Waals surface area contributed by atoms with Crippen LogP contribution >= 0.6 is 0 Å². The van der Waals surface area contributed by atoms with E-state index in [0.717, 1.165) is 25.5 Å². The number of nitrogens with one attached hydrogen (secondary N) is 1. The molecule has 21 heavy (non-hydrogen) atoms. The molecular weight excluding hydrogens is 283 g/mol. The average molecular weight is 305 g/mol. The highest BCUT2D eigenvalue weighted by Crippen LogP contribution is 2.22. The largest absolute Gasteiger partial charge is 0.491 e. The lowest BCUT2D eigenvalue weighted by molar-refractivity contribution is -0.215. The van der Waals surface area contributed by atoms with Crippen molar-refractivity contribution < 1.29 is 22.6 Å². The van der Waals surface area contributed by atoms with Crippen LogP contribution in [0.15, 0.2) is 24.3 Å². The highest BCUT2D eigenvalue weighted by atomic mass is 19.4. The molecule has 0 aromatic heterocycles. The SMILES string of the molecule is CCCNCc1ccccc1OCCOC(C)C(F)(F)F. The standard InChI is InChI=1S/C15H22F3NO2/c1-3-8-19-11-13-6-4-5-7-14(13)21-10-9-20-12(2)15(16,17)18/h4-7,12,19H,3,8-11H2,1-2H3. The van der Waals surface area contributed by atoms with Gasteiger partial charge in [0.2, 0.25) is 0 Å². The molecular formula is C15H22F3NO2. The van der Waals surface area contributed by atoms with Gasteiger partial charge in [0.15, 0.2) is 6.10 Å². The predicted molar refractivity (Wildman–Crippen MR) is 75.4 cm³/mol. The first kappa shape index (κ1) is 17.8. The van der Waals surface area contributed by atoms with Crippen LogP contribution in [0.3, 0.4) is 0 Å². The summed E-state index contributed by atoms with van der Waals surface area (Å²) in [5.74, 6) is 0.671. The van der Waals surface area contributed by atoms with E-state index in [-0.39, 0.29) is 13.2 Å². The van der Waals surface area contributed by atoms with E-state index >= 15 is 0 Å². The molecule has 0 spiro atoms. The van der Waals surface area contributed by atoms with Crippen molar-refractivity contribution in [3.63, 3.8) is 0 Å². The van der Waals surface area contributed by atoms with Gasteiger partial charge in [0, 0.05) is 12.1 Å². The zero-order valence-corrected chi connectivity index (χ0v) is 12.4. The Balaban J connectivity index is 2.38. The number of hydrogen-bond donors (Lipinski definition) is 1. The Morgan fingerprint density at radius 3 is 2.57 bits per heavy atom. The molecule has 0 radical (unpaired) electrons. The van der Waals surface area contributed by atoms with Gasteiger partial charge >= 0.3 is 6.18 Å². The van der Waals surface area contributed by atoms with Crippen LogP contribution in [0, 0.1) is 0 Å². The third-order valence-corrected chi connectivity index (χ3v) is 2.88. The van der Waals surface area contributed by atoms with E-state index in [1.54, 1.807) is 6.07 Å². The van der Waals surface area contributed by atoms with Gasteiger partial charge in [0.1, 0.15) is 12.4 Å². The fraction of sp³-hybridized carbons (Fsp3) is 0.600. The Kier molecular flexibility index (Phi) is 7.53. The van der Waals surface area contributed by atoms with Crippen LogP contribution in [0.4, 0.5) is 13.2 Å². The lowest BCUT2D eigenvalue weighted by Gasteiger charge is -2.17. The van der Waals surface area contributed by atoms with E-state index in [2.05, 4.69) is 12.2 Å². The highest BCUT2D eigenvalue weighted by molar-refractivity contribution is 5.33. The quantitative estimate of drug-likeness (QED) is 0.708. The molecule has 3 nitrogen and oxygen atoms in total. The van der Waals surface area contributed by atoms with Gasteiger partial charge < -0.3 is 14.8 Å². The molecule has 0 fully saturated rings. The van der Waals surface area contributed by atoms with Crippen LogP contribution in [-0.4, -0.2) is 32.0 Å². The number of alkyl halides is 3. The van der Waals surface area contributed by atoms with Crippen LogP contribution < -0.4 is 10.1 Å². The van der Waals surface area contributed by atoms with E-state index < -0.39 is 12.3 Å². The molecule has 0 saturated carbocycles. The topological polar surface area (TPSA) is 30.5 Å². The highest BCUT2D eigenvalue weighted by Gasteiger charge is 2.36. The molecule has 1 aromatic carbocycles. The lowest BCUT2D eigenvalue weighted by atomic mass is 10.2. The van der Waals surface area contributed by atoms with E-state index in [0.29, 0.717) is 12.3 Å². The first-order valence-corrected chi connectivity index (χ1v) is 7.05. The van der Waals surface area contributed by atoms with Gasteiger partial charge in [-0.1, -0.05) is 25.1 Å². The van der Waals surface area contributed by atoms with Crippen molar-refractivity contribution in [1.29, 1.82) is 0 Å². The summed E-state index contributed by atoms with van der Waals surface area (Å²) in [7, 11) is 0. The maximum Gasteiger partial charge on any atom is 0.414 e. The summed E-state index contributed by atoms with van der Waals surface area (Å²) in [6.45, 7) is 4.63. The summed E-state index contributed by atoms with van der Waals surface area (Å²) in [5.41, 5.74) is 0.981. The molecule has 0 aliphatic rings. The summed E-state index contributed by atoms with van der Waals surface area (Å²) in [5, 5.41) is 3.26. The maximum atomic E-state index is 12.3. The summed E-state index contributed by atoms with van der Waals surface area (Å²) >= 11 is 0. The fourth-order valence-corrected chi connectivity index (χ4v) is 1.66. The monoisotopic (exact) mass is 305 g/mol. The Morgan fingerprint density at radius 2 is 1.90 bits per heavy atom. The summed E-state index contributed by atoms with van der Waals surface area (Å²) in [6, 6.07) is 7.46. The number of halogens is 3. The normalized spacial score (nSPS) is 13.2. The molecule has 0 aliphatic carbocycles. The molecule has 1 atom stereocenters. The number of para-hydroxylation sites is 1. The van der Waals surface area contributed by atoms with E-state index in [4.69, 9.17) is 9.47 Å². The Hall–Kier alpha value is -1.27. The summed E-state index contributed by atoms with van der Waals surface area (Å²) in [4.78, 5) is 0. The first-order chi connectivity index (χ1) is 9.95. The summed E-state index contributed by atoms with van der Waals surface area (Å²) < 4.78 is 47.0. The molecule has 0 bridgehead atoms. The molecule has 0 saturated heterocycles. The Labute approximate surface area is 123 Å². The van der Waals surface area contributed by atoms with Crippen molar-refractivity contribution in [2.24, 2.45) is 0 Å². The van der Waals surface area contributed by atoms with Crippen LogP contribution in [-0.2, 0) is 11.3 Å². The van der Waals surface area contributed by atoms with E-state index in [1.807, 2.05) is 18.2 Å². The van der Waals surface area contributed by atoms with Gasteiger partial charge in [0.25, 0.3) is 0 Å². The molecule has 1 N–H and O–H groups in total. The van der Waals surface area contributed by atoms with Crippen molar-refractivity contribution in [3.8, 4) is 5.75 Å². The molecule has 0 amide bonds. The molecule has 120 valence electrons. The molecule has 0 aliphatic heterocycles. The molecule has 1 rings (SSSR count). The van der Waals surface area contributed by atoms with Crippen LogP contribution in [0.2, 0.25) is 0 Å². The maximum absolute atomic E-state index is 12.3. The third kappa shape index (κ3) is 6.82. The second-order valence-corrected chi connectivity index (χ2v) is 4.69. The lowest BCUT2D eigenvalue weighted by Crippen LogP contribution is -2.30. The second kappa shape index (κ2) is 8.89. The minimum absolute atomic E-state index is 0.0885. The smallest absolute Gasteiger partial charge is 0.414 e. The van der Waals surface area contributed by atoms with Crippen molar-refractivity contribution in [2.75, 3.05) is 19.8 Å². The van der Waals surface area contributed by atoms with E-state index in [1.165, 1.54) is 0 Å². The molecule has 0 heterocycles. The zero-order valence-electron chi connectivity index (χ0n) is 12.4. The van der Waals surface area contributed by atoms with Crippen LogP contribution in [0.5, 0.6) is 5.75 Å². The number of rotatable bonds is 9. The van der Waals surface area contributed by atoms with Gasteiger partial charge in [-0.3, -0.25) is 0 Å². The Bertz CT molecular complexity index is 410. The van der Waals surface area contributed by atoms with Gasteiger partial charge in [-0.15, -0.1) is 0 Å². The number of ether oxygens (including phenoxy) is 2. The molecule has 6 heteroatoms. The van der Waals surface area contributed by atoms with Crippen molar-refractivity contribution in [3.05, 3.63) is 29.8 Å². The average Bonchev–Trinajstić information content (AvgIpc) is 2.44. The Morgan fingerprint density at radius 1 is 1.19 bits per heavy atom. The van der Waals surface area contributed by atoms with E-state index in [9.17, 15) is 13.2 Å². The summed E-state index contributed by atoms with van der Waals surface area (Å²) in [6.07, 6.45) is -5.07. The number of hydrogen-bond acceptors (Lipinski definition) is 3. The number of benzene rings is 1. The van der Waals surface area contributed by atoms with Gasteiger partial charge in [0.05, 0.1) is 6.61 Å². The van der Waals surface area contributed by atoms with Gasteiger partial charge in [-0.05, 0) is 26.0 Å². The minimum Gasteiger partial charge on any atom is -0.491 e. The van der Waals surface area contributed by atoms with Crippen molar-refractivity contribution in [2.45, 2.75) is 39.1 Å². The van der Waals surface area contributed by atoms with Crippen molar-refractivity contribution in [1.82, 2.24) is 5.32 Å². The zero-order chi connectivity index (χ0) is 15.7. The molecule has 1 unspecified atom stereocenters. The first-order valence-electron chi connectivity index (χ1n) is 7.05. The van der Waals surface area contributed by atoms with Crippen molar-refractivity contribution >= 4 is 0 Å². The van der Waals surface area contributed by atoms with Crippen LogP contribution in [0.1, 0.15) is 25.8 Å². The third-order valence-electron chi connectivity index (χ3n) is 2.88. The van der Waals surface area contributed by atoms with Crippen LogP contribution in [0.25, 0.3) is 0 Å². The molecule has 1 aromatic rings. The van der Waals surface area contributed by atoms with Gasteiger partial charge in [-0.25, -0.2) is 0 Å². The fourth-order valence-electron chi connectivity index (χ4n) is 1.66.